The van der Waals surface area contributed by atoms with E-state index in [2.05, 4.69) is 98.4 Å². The molecule has 0 N–H and O–H groups in total. The lowest BCUT2D eigenvalue weighted by Crippen LogP contribution is -2.35. The Kier molecular flexibility index (Phi) is 17.5. The van der Waals surface area contributed by atoms with Crippen molar-refractivity contribution in [2.24, 2.45) is 0 Å². The van der Waals surface area contributed by atoms with Gasteiger partial charge in [-0.15, -0.1) is 0 Å². The monoisotopic (exact) mass is 585 g/mol. The number of hydrogen-bond acceptors (Lipinski definition) is 1. The molecule has 0 aliphatic rings. The van der Waals surface area contributed by atoms with Crippen molar-refractivity contribution < 1.29 is 0 Å². The largest absolute Gasteiger partial charge is 0.335 e. The molecule has 0 fully saturated rings. The number of aromatic nitrogens is 2. The van der Waals surface area contributed by atoms with Gasteiger partial charge in [-0.25, -0.2) is 4.98 Å². The van der Waals surface area contributed by atoms with Crippen molar-refractivity contribution in [1.29, 1.82) is 0 Å². The van der Waals surface area contributed by atoms with E-state index in [1.165, 1.54) is 139 Å². The summed E-state index contributed by atoms with van der Waals surface area (Å²) in [6, 6.07) is 22.5. The van der Waals surface area contributed by atoms with Crippen LogP contribution < -0.4 is 0 Å². The highest BCUT2D eigenvalue weighted by molar-refractivity contribution is 5.33. The quantitative estimate of drug-likeness (QED) is 0.0906. The highest BCUT2D eigenvalue weighted by Crippen LogP contribution is 2.44. The molecule has 2 heteroatoms. The van der Waals surface area contributed by atoms with E-state index >= 15 is 0 Å². The molecule has 0 amide bonds. The minimum Gasteiger partial charge on any atom is -0.335 e. The summed E-state index contributed by atoms with van der Waals surface area (Å²) in [7, 11) is 0. The fourth-order valence-electron chi connectivity index (χ4n) is 7.07. The van der Waals surface area contributed by atoms with Crippen molar-refractivity contribution in [2.75, 3.05) is 0 Å². The predicted octanol–water partition coefficient (Wildman–Crippen LogP) is 12.6. The van der Waals surface area contributed by atoms with Crippen molar-refractivity contribution in [3.8, 4) is 0 Å². The molecular formula is C41H64N2. The van der Waals surface area contributed by atoms with E-state index in [-0.39, 0.29) is 5.41 Å². The summed E-state index contributed by atoms with van der Waals surface area (Å²) in [4.78, 5) is 5.12. The Bertz CT molecular complexity index is 1060. The number of rotatable bonds is 25. The van der Waals surface area contributed by atoms with Crippen LogP contribution in [0.5, 0.6) is 0 Å². The van der Waals surface area contributed by atoms with Crippen LogP contribution in [0.3, 0.4) is 0 Å². The Morgan fingerprint density at radius 2 is 1.09 bits per heavy atom. The Hall–Kier alpha value is -2.35. The molecule has 238 valence electrons. The van der Waals surface area contributed by atoms with Crippen LogP contribution in [0.1, 0.15) is 166 Å². The minimum atomic E-state index is -0.0221. The molecule has 3 rings (SSSR count). The summed E-state index contributed by atoms with van der Waals surface area (Å²) in [5.41, 5.74) is 2.83. The number of aryl methyl sites for hydroxylation is 1. The molecule has 0 spiro atoms. The van der Waals surface area contributed by atoms with Gasteiger partial charge in [-0.2, -0.15) is 0 Å². The van der Waals surface area contributed by atoms with Crippen LogP contribution in [-0.2, 0) is 18.4 Å². The Morgan fingerprint density at radius 3 is 1.65 bits per heavy atom. The third kappa shape index (κ3) is 12.7. The van der Waals surface area contributed by atoms with E-state index < -0.39 is 0 Å². The molecule has 43 heavy (non-hydrogen) atoms. The van der Waals surface area contributed by atoms with Gasteiger partial charge in [0.2, 0.25) is 0 Å². The second-order valence-corrected chi connectivity index (χ2v) is 13.4. The predicted molar refractivity (Wildman–Crippen MR) is 188 cm³/mol. The third-order valence-corrected chi connectivity index (χ3v) is 9.77. The number of benzene rings is 2. The van der Waals surface area contributed by atoms with Crippen LogP contribution in [0.4, 0.5) is 0 Å². The smallest absolute Gasteiger partial charge is 0.112 e. The summed E-state index contributed by atoms with van der Waals surface area (Å²) in [5, 5.41) is 0. The van der Waals surface area contributed by atoms with Gasteiger partial charge in [0.25, 0.3) is 0 Å². The van der Waals surface area contributed by atoms with Gasteiger partial charge in [0.15, 0.2) is 0 Å². The SMILES string of the molecule is CCCCCCCCCCCCCCn1ccnc1C(CCCCCCCC)C(C)(Cc1ccccc1)c1ccccc1. The van der Waals surface area contributed by atoms with Crippen LogP contribution in [0.15, 0.2) is 73.1 Å². The van der Waals surface area contributed by atoms with Crippen LogP contribution in [0.25, 0.3) is 0 Å². The summed E-state index contributed by atoms with van der Waals surface area (Å²) in [6.07, 6.45) is 31.3. The van der Waals surface area contributed by atoms with E-state index in [0.717, 1.165) is 13.0 Å². The minimum absolute atomic E-state index is 0.0221. The first-order valence-corrected chi connectivity index (χ1v) is 18.3. The summed E-state index contributed by atoms with van der Waals surface area (Å²) in [6.45, 7) is 8.22. The molecule has 1 aromatic heterocycles. The van der Waals surface area contributed by atoms with Gasteiger partial charge in [-0.1, -0.05) is 191 Å². The molecule has 2 atom stereocenters. The molecule has 0 radical (unpaired) electrons. The molecule has 0 saturated heterocycles. The van der Waals surface area contributed by atoms with Gasteiger partial charge in [0.05, 0.1) is 0 Å². The third-order valence-electron chi connectivity index (χ3n) is 9.77. The summed E-state index contributed by atoms with van der Waals surface area (Å²) < 4.78 is 2.52. The lowest BCUT2D eigenvalue weighted by Gasteiger charge is -2.39. The van der Waals surface area contributed by atoms with Crippen LogP contribution in [0, 0.1) is 0 Å². The Morgan fingerprint density at radius 1 is 0.605 bits per heavy atom. The second-order valence-electron chi connectivity index (χ2n) is 13.4. The maximum Gasteiger partial charge on any atom is 0.112 e. The van der Waals surface area contributed by atoms with Crippen LogP contribution in [0.2, 0.25) is 0 Å². The van der Waals surface area contributed by atoms with E-state index in [1.54, 1.807) is 0 Å². The first-order chi connectivity index (χ1) is 21.2. The van der Waals surface area contributed by atoms with Gasteiger partial charge in [0, 0.05) is 30.3 Å². The lowest BCUT2D eigenvalue weighted by molar-refractivity contribution is 0.321. The molecule has 0 aliphatic heterocycles. The lowest BCUT2D eigenvalue weighted by atomic mass is 9.66. The second kappa shape index (κ2) is 21.4. The fourth-order valence-corrected chi connectivity index (χ4v) is 7.07. The number of hydrogen-bond donors (Lipinski definition) is 0. The summed E-state index contributed by atoms with van der Waals surface area (Å²) >= 11 is 0. The van der Waals surface area contributed by atoms with E-state index in [1.807, 2.05) is 0 Å². The maximum absolute atomic E-state index is 5.12. The maximum atomic E-state index is 5.12. The molecule has 1 heterocycles. The first-order valence-electron chi connectivity index (χ1n) is 18.3. The Labute approximate surface area is 266 Å². The highest BCUT2D eigenvalue weighted by atomic mass is 15.1. The van der Waals surface area contributed by atoms with Gasteiger partial charge >= 0.3 is 0 Å². The number of imidazole rings is 1. The van der Waals surface area contributed by atoms with E-state index in [0.29, 0.717) is 5.92 Å². The average Bonchev–Trinajstić information content (AvgIpc) is 3.50. The van der Waals surface area contributed by atoms with E-state index in [4.69, 9.17) is 4.98 Å². The fraction of sp³-hybridized carbons (Fsp3) is 0.634. The molecule has 0 saturated carbocycles. The van der Waals surface area contributed by atoms with Crippen molar-refractivity contribution in [3.05, 3.63) is 90.0 Å². The molecule has 0 aliphatic carbocycles. The Balaban J connectivity index is 1.64. The first kappa shape index (κ1) is 35.1. The zero-order valence-electron chi connectivity index (χ0n) is 28.2. The standard InChI is InChI=1S/C41H64N2/c1-4-6-8-10-12-13-14-15-16-17-19-27-34-43-35-33-42-40(43)39(32-26-18-11-9-7-5-2)41(3,38-30-24-21-25-31-38)36-37-28-22-20-23-29-37/h20-25,28-31,33,35,39H,4-19,26-27,32,34,36H2,1-3H3. The molecule has 3 aromatic rings. The molecule has 2 nitrogen and oxygen atoms in total. The van der Waals surface area contributed by atoms with Gasteiger partial charge in [-0.3, -0.25) is 0 Å². The van der Waals surface area contributed by atoms with Gasteiger partial charge < -0.3 is 4.57 Å². The van der Waals surface area contributed by atoms with Crippen LogP contribution in [-0.4, -0.2) is 9.55 Å². The number of unbranched alkanes of at least 4 members (excludes halogenated alkanes) is 16. The van der Waals surface area contributed by atoms with Crippen molar-refractivity contribution in [1.82, 2.24) is 9.55 Å². The average molecular weight is 585 g/mol. The van der Waals surface area contributed by atoms with Crippen LogP contribution >= 0.6 is 0 Å². The van der Waals surface area contributed by atoms with Crippen molar-refractivity contribution >= 4 is 0 Å². The van der Waals surface area contributed by atoms with E-state index in [9.17, 15) is 0 Å². The molecule has 2 aromatic carbocycles. The topological polar surface area (TPSA) is 17.8 Å². The molecule has 2 unspecified atom stereocenters. The van der Waals surface area contributed by atoms with Gasteiger partial charge in [-0.05, 0) is 30.4 Å². The molecule has 0 bridgehead atoms. The zero-order chi connectivity index (χ0) is 30.4. The molecular weight excluding hydrogens is 520 g/mol. The van der Waals surface area contributed by atoms with Crippen molar-refractivity contribution in [3.63, 3.8) is 0 Å². The normalized spacial score (nSPS) is 13.7. The summed E-state index contributed by atoms with van der Waals surface area (Å²) in [5.74, 6) is 1.69. The van der Waals surface area contributed by atoms with Gasteiger partial charge in [0.1, 0.15) is 5.82 Å². The zero-order valence-corrected chi connectivity index (χ0v) is 28.2. The highest BCUT2D eigenvalue weighted by Gasteiger charge is 2.39. The van der Waals surface area contributed by atoms with Crippen molar-refractivity contribution in [2.45, 2.75) is 167 Å². The number of nitrogens with zero attached hydrogens (tertiary/aromatic N) is 2.